The molecule has 114 valence electrons. The van der Waals surface area contributed by atoms with Crippen molar-refractivity contribution in [1.29, 1.82) is 0 Å². The van der Waals surface area contributed by atoms with Gasteiger partial charge in [0, 0.05) is 43.5 Å². The Labute approximate surface area is 127 Å². The van der Waals surface area contributed by atoms with Crippen LogP contribution in [0.3, 0.4) is 0 Å². The van der Waals surface area contributed by atoms with Crippen LogP contribution in [-0.2, 0) is 9.31 Å². The Morgan fingerprint density at radius 1 is 1.14 bits per heavy atom. The minimum absolute atomic E-state index is 0.300. The Morgan fingerprint density at radius 3 is 2.48 bits per heavy atom. The number of piperazine rings is 1. The predicted octanol–water partition coefficient (Wildman–Crippen LogP) is 0.615. The molecular weight excluding hydrogens is 265 g/mol. The van der Waals surface area contributed by atoms with E-state index in [1.54, 1.807) is 0 Å². The molecule has 2 aliphatic heterocycles. The summed E-state index contributed by atoms with van der Waals surface area (Å²) in [5.41, 5.74) is 1.52. The predicted molar refractivity (Wildman–Crippen MR) is 83.6 cm³/mol. The van der Waals surface area contributed by atoms with Gasteiger partial charge in [0.25, 0.3) is 0 Å². The molecule has 2 aliphatic rings. The second kappa shape index (κ2) is 5.36. The average molecular weight is 289 g/mol. The van der Waals surface area contributed by atoms with Crippen LogP contribution < -0.4 is 16.1 Å². The van der Waals surface area contributed by atoms with E-state index in [9.17, 15) is 0 Å². The summed E-state index contributed by atoms with van der Waals surface area (Å²) < 4.78 is 12.2. The lowest BCUT2D eigenvalue weighted by molar-refractivity contribution is 0.00578. The average Bonchev–Trinajstić information content (AvgIpc) is 2.69. The zero-order valence-corrected chi connectivity index (χ0v) is 13.3. The fraction of sp³-hybridized carbons (Fsp3) is 0.667. The highest BCUT2D eigenvalue weighted by Crippen LogP contribution is 2.36. The first kappa shape index (κ1) is 15.0. The summed E-state index contributed by atoms with van der Waals surface area (Å²) in [7, 11) is -0.348. The maximum absolute atomic E-state index is 6.09. The number of nitrogens with one attached hydrogen (secondary N) is 2. The topological polar surface area (TPSA) is 55.4 Å². The van der Waals surface area contributed by atoms with Gasteiger partial charge >= 0.3 is 7.12 Å². The minimum atomic E-state index is -0.348. The van der Waals surface area contributed by atoms with Crippen molar-refractivity contribution in [2.24, 2.45) is 0 Å². The van der Waals surface area contributed by atoms with E-state index < -0.39 is 0 Å². The lowest BCUT2D eigenvalue weighted by Crippen LogP contribution is -2.43. The summed E-state index contributed by atoms with van der Waals surface area (Å²) >= 11 is 0. The SMILES string of the molecule is CC1(C)OB(c2cncc(C3CNCCN3)c2)OC1(C)C. The lowest BCUT2D eigenvalue weighted by Gasteiger charge is -2.32. The monoisotopic (exact) mass is 289 g/mol. The van der Waals surface area contributed by atoms with E-state index in [4.69, 9.17) is 9.31 Å². The number of aromatic nitrogens is 1. The van der Waals surface area contributed by atoms with Crippen molar-refractivity contribution >= 4 is 12.6 Å². The first-order chi connectivity index (χ1) is 9.89. The molecule has 0 aliphatic carbocycles. The van der Waals surface area contributed by atoms with Crippen molar-refractivity contribution in [2.45, 2.75) is 44.9 Å². The lowest BCUT2D eigenvalue weighted by atomic mass is 9.79. The van der Waals surface area contributed by atoms with Gasteiger partial charge in [-0.2, -0.15) is 0 Å². The van der Waals surface area contributed by atoms with Gasteiger partial charge in [-0.25, -0.2) is 0 Å². The molecule has 2 fully saturated rings. The molecule has 0 radical (unpaired) electrons. The van der Waals surface area contributed by atoms with Crippen LogP contribution in [0.1, 0.15) is 39.3 Å². The zero-order valence-electron chi connectivity index (χ0n) is 13.3. The molecule has 6 heteroatoms. The molecule has 5 nitrogen and oxygen atoms in total. The molecule has 0 aromatic carbocycles. The maximum atomic E-state index is 6.09. The van der Waals surface area contributed by atoms with Crippen LogP contribution in [0, 0.1) is 0 Å². The molecule has 0 spiro atoms. The summed E-state index contributed by atoms with van der Waals surface area (Å²) in [6.07, 6.45) is 3.75. The summed E-state index contributed by atoms with van der Waals surface area (Å²) in [6.45, 7) is 11.2. The van der Waals surface area contributed by atoms with Crippen LogP contribution in [-0.4, -0.2) is 42.9 Å². The molecule has 0 bridgehead atoms. The van der Waals surface area contributed by atoms with E-state index in [1.807, 2.05) is 12.4 Å². The van der Waals surface area contributed by atoms with Crippen LogP contribution in [0.25, 0.3) is 0 Å². The third-order valence-corrected chi connectivity index (χ3v) is 4.75. The van der Waals surface area contributed by atoms with Crippen LogP contribution in [0.5, 0.6) is 0 Å². The minimum Gasteiger partial charge on any atom is -0.399 e. The van der Waals surface area contributed by atoms with Gasteiger partial charge in [-0.15, -0.1) is 0 Å². The van der Waals surface area contributed by atoms with Crippen molar-refractivity contribution < 1.29 is 9.31 Å². The molecule has 0 saturated carbocycles. The van der Waals surface area contributed by atoms with E-state index in [0.29, 0.717) is 6.04 Å². The first-order valence-corrected chi connectivity index (χ1v) is 7.64. The second-order valence-electron chi connectivity index (χ2n) is 6.85. The fourth-order valence-electron chi connectivity index (χ4n) is 2.66. The van der Waals surface area contributed by atoms with Crippen molar-refractivity contribution in [3.63, 3.8) is 0 Å². The van der Waals surface area contributed by atoms with E-state index in [-0.39, 0.29) is 18.3 Å². The molecular formula is C15H24BN3O2. The van der Waals surface area contributed by atoms with Gasteiger partial charge in [-0.1, -0.05) is 6.07 Å². The maximum Gasteiger partial charge on any atom is 0.496 e. The van der Waals surface area contributed by atoms with Crippen molar-refractivity contribution in [3.05, 3.63) is 24.0 Å². The number of pyridine rings is 1. The molecule has 1 unspecified atom stereocenters. The first-order valence-electron chi connectivity index (χ1n) is 7.64. The Kier molecular flexibility index (Phi) is 3.82. The van der Waals surface area contributed by atoms with Crippen LogP contribution in [0.2, 0.25) is 0 Å². The smallest absolute Gasteiger partial charge is 0.399 e. The fourth-order valence-corrected chi connectivity index (χ4v) is 2.66. The summed E-state index contributed by atoms with van der Waals surface area (Å²) in [6, 6.07) is 2.44. The van der Waals surface area contributed by atoms with Gasteiger partial charge in [0.1, 0.15) is 0 Å². The van der Waals surface area contributed by atoms with Gasteiger partial charge in [-0.3, -0.25) is 4.98 Å². The van der Waals surface area contributed by atoms with E-state index in [1.165, 1.54) is 5.56 Å². The molecule has 0 amide bonds. The Morgan fingerprint density at radius 2 is 1.86 bits per heavy atom. The number of hydrogen-bond acceptors (Lipinski definition) is 5. The van der Waals surface area contributed by atoms with Crippen LogP contribution >= 0.6 is 0 Å². The van der Waals surface area contributed by atoms with Crippen molar-refractivity contribution in [3.8, 4) is 0 Å². The quantitative estimate of drug-likeness (QED) is 0.782. The Bertz CT molecular complexity index is 499. The summed E-state index contributed by atoms with van der Waals surface area (Å²) in [4.78, 5) is 4.37. The van der Waals surface area contributed by atoms with Gasteiger partial charge in [0.2, 0.25) is 0 Å². The second-order valence-corrected chi connectivity index (χ2v) is 6.85. The molecule has 1 aromatic heterocycles. The highest BCUT2D eigenvalue weighted by atomic mass is 16.7. The number of hydrogen-bond donors (Lipinski definition) is 2. The summed E-state index contributed by atoms with van der Waals surface area (Å²) in [5, 5.41) is 6.90. The molecule has 3 heterocycles. The molecule has 2 N–H and O–H groups in total. The largest absolute Gasteiger partial charge is 0.496 e. The summed E-state index contributed by atoms with van der Waals surface area (Å²) in [5.74, 6) is 0. The number of rotatable bonds is 2. The van der Waals surface area contributed by atoms with Crippen molar-refractivity contribution in [1.82, 2.24) is 15.6 Å². The van der Waals surface area contributed by atoms with E-state index in [2.05, 4.69) is 49.4 Å². The normalized spacial score (nSPS) is 27.8. The van der Waals surface area contributed by atoms with Crippen molar-refractivity contribution in [2.75, 3.05) is 19.6 Å². The molecule has 1 aromatic rings. The third-order valence-electron chi connectivity index (χ3n) is 4.75. The van der Waals surface area contributed by atoms with Gasteiger partial charge in [-0.05, 0) is 33.3 Å². The standard InChI is InChI=1S/C15H24BN3O2/c1-14(2)15(3,4)21-16(20-14)12-7-11(8-18-9-12)13-10-17-5-6-19-13/h7-9,13,17,19H,5-6,10H2,1-4H3. The molecule has 2 saturated heterocycles. The molecule has 3 rings (SSSR count). The zero-order chi connectivity index (χ0) is 15.1. The highest BCUT2D eigenvalue weighted by Gasteiger charge is 2.51. The van der Waals surface area contributed by atoms with Crippen LogP contribution in [0.4, 0.5) is 0 Å². The molecule has 1 atom stereocenters. The highest BCUT2D eigenvalue weighted by molar-refractivity contribution is 6.62. The van der Waals surface area contributed by atoms with Gasteiger partial charge in [0.15, 0.2) is 0 Å². The molecule has 21 heavy (non-hydrogen) atoms. The van der Waals surface area contributed by atoms with Crippen LogP contribution in [0.15, 0.2) is 18.5 Å². The van der Waals surface area contributed by atoms with Gasteiger partial charge in [0.05, 0.1) is 11.2 Å². The third kappa shape index (κ3) is 2.86. The Balaban J connectivity index is 1.81. The number of nitrogens with zero attached hydrogens (tertiary/aromatic N) is 1. The van der Waals surface area contributed by atoms with Gasteiger partial charge < -0.3 is 19.9 Å². The van der Waals surface area contributed by atoms with E-state index >= 15 is 0 Å². The Hall–Kier alpha value is -0.945. The van der Waals surface area contributed by atoms with E-state index in [0.717, 1.165) is 25.1 Å².